The summed E-state index contributed by atoms with van der Waals surface area (Å²) in [6.45, 7) is 1.60. The Morgan fingerprint density at radius 2 is 2.15 bits per heavy atom. The van der Waals surface area contributed by atoms with Crippen molar-refractivity contribution in [2.45, 2.75) is 25.3 Å². The molecule has 3 aromatic rings. The second kappa shape index (κ2) is 7.87. The number of amides is 2. The molecule has 2 amide bonds. The van der Waals surface area contributed by atoms with Gasteiger partial charge in [0.25, 0.3) is 0 Å². The molecule has 1 N–H and O–H groups in total. The first-order valence-corrected chi connectivity index (χ1v) is 9.76. The molecular formula is C19H19FN4O2S. The SMILES string of the molecule is O=C(NCc1ccc(F)cc1)N1CCCC(c2nnc(-c3ccsc3)o2)C1. The summed E-state index contributed by atoms with van der Waals surface area (Å²) in [6, 6.07) is 7.91. The Morgan fingerprint density at radius 3 is 2.93 bits per heavy atom. The van der Waals surface area contributed by atoms with Crippen molar-refractivity contribution in [3.05, 3.63) is 58.4 Å². The van der Waals surface area contributed by atoms with Crippen molar-refractivity contribution >= 4 is 17.4 Å². The summed E-state index contributed by atoms with van der Waals surface area (Å²) in [6.07, 6.45) is 1.79. The Balaban J connectivity index is 1.36. The summed E-state index contributed by atoms with van der Waals surface area (Å²) >= 11 is 1.58. The number of piperidine rings is 1. The van der Waals surface area contributed by atoms with Crippen molar-refractivity contribution in [3.63, 3.8) is 0 Å². The number of carbonyl (C=O) groups is 1. The Kier molecular flexibility index (Phi) is 5.15. The van der Waals surface area contributed by atoms with E-state index in [4.69, 9.17) is 4.42 Å². The molecule has 1 aromatic carbocycles. The van der Waals surface area contributed by atoms with E-state index in [0.717, 1.165) is 24.0 Å². The number of rotatable bonds is 4. The first-order chi connectivity index (χ1) is 13.2. The topological polar surface area (TPSA) is 71.3 Å². The number of hydrogen-bond acceptors (Lipinski definition) is 5. The van der Waals surface area contributed by atoms with Crippen LogP contribution in [0.25, 0.3) is 11.5 Å². The lowest BCUT2D eigenvalue weighted by molar-refractivity contribution is 0.174. The second-order valence-electron chi connectivity index (χ2n) is 6.53. The molecule has 1 aliphatic rings. The molecule has 6 nitrogen and oxygen atoms in total. The Labute approximate surface area is 160 Å². The standard InChI is InChI=1S/C19H19FN4O2S/c20-16-5-3-13(4-6-16)10-21-19(25)24-8-1-2-14(11-24)17-22-23-18(26-17)15-7-9-27-12-15/h3-7,9,12,14H,1-2,8,10-11H2,(H,21,25). The van der Waals surface area contributed by atoms with Crippen molar-refractivity contribution in [2.75, 3.05) is 13.1 Å². The predicted molar refractivity (Wildman–Crippen MR) is 99.8 cm³/mol. The summed E-state index contributed by atoms with van der Waals surface area (Å²) < 4.78 is 18.8. The maximum absolute atomic E-state index is 13.0. The molecule has 0 aliphatic carbocycles. The van der Waals surface area contributed by atoms with E-state index in [-0.39, 0.29) is 17.8 Å². The average Bonchev–Trinajstić information content (AvgIpc) is 3.39. The monoisotopic (exact) mass is 386 g/mol. The van der Waals surface area contributed by atoms with Crippen LogP contribution >= 0.6 is 11.3 Å². The number of benzene rings is 1. The highest BCUT2D eigenvalue weighted by Gasteiger charge is 2.28. The van der Waals surface area contributed by atoms with Crippen LogP contribution in [0.1, 0.15) is 30.2 Å². The summed E-state index contributed by atoms with van der Waals surface area (Å²) in [7, 11) is 0. The number of nitrogens with one attached hydrogen (secondary N) is 1. The van der Waals surface area contributed by atoms with Crippen LogP contribution in [0.4, 0.5) is 9.18 Å². The van der Waals surface area contributed by atoms with Crippen molar-refractivity contribution < 1.29 is 13.6 Å². The highest BCUT2D eigenvalue weighted by molar-refractivity contribution is 7.08. The molecule has 0 radical (unpaired) electrons. The van der Waals surface area contributed by atoms with E-state index in [1.807, 2.05) is 16.8 Å². The Morgan fingerprint density at radius 1 is 1.30 bits per heavy atom. The van der Waals surface area contributed by atoms with Gasteiger partial charge in [0.05, 0.1) is 5.92 Å². The lowest BCUT2D eigenvalue weighted by atomic mass is 9.98. The molecule has 1 saturated heterocycles. The zero-order valence-corrected chi connectivity index (χ0v) is 15.4. The van der Waals surface area contributed by atoms with Crippen LogP contribution in [0.5, 0.6) is 0 Å². The second-order valence-corrected chi connectivity index (χ2v) is 7.31. The van der Waals surface area contributed by atoms with Gasteiger partial charge in [0.15, 0.2) is 0 Å². The smallest absolute Gasteiger partial charge is 0.317 e. The molecule has 0 saturated carbocycles. The van der Waals surface area contributed by atoms with Crippen LogP contribution in [0.2, 0.25) is 0 Å². The van der Waals surface area contributed by atoms with Crippen LogP contribution < -0.4 is 5.32 Å². The minimum absolute atomic E-state index is 0.0372. The average molecular weight is 386 g/mol. The fourth-order valence-electron chi connectivity index (χ4n) is 3.16. The van der Waals surface area contributed by atoms with Crippen LogP contribution in [0, 0.1) is 5.82 Å². The number of likely N-dealkylation sites (tertiary alicyclic amines) is 1. The van der Waals surface area contributed by atoms with Crippen LogP contribution in [0.3, 0.4) is 0 Å². The van der Waals surface area contributed by atoms with Crippen LogP contribution in [-0.2, 0) is 6.54 Å². The molecule has 2 aromatic heterocycles. The van der Waals surface area contributed by atoms with Gasteiger partial charge < -0.3 is 14.6 Å². The van der Waals surface area contributed by atoms with Gasteiger partial charge in [-0.3, -0.25) is 0 Å². The number of nitrogens with zero attached hydrogens (tertiary/aromatic N) is 3. The van der Waals surface area contributed by atoms with E-state index in [1.165, 1.54) is 12.1 Å². The molecular weight excluding hydrogens is 367 g/mol. The van der Waals surface area contributed by atoms with Crippen LogP contribution in [-0.4, -0.2) is 34.2 Å². The van der Waals surface area contributed by atoms with Gasteiger partial charge in [0.1, 0.15) is 5.82 Å². The molecule has 3 heterocycles. The van der Waals surface area contributed by atoms with Gasteiger partial charge in [0, 0.05) is 30.6 Å². The summed E-state index contributed by atoms with van der Waals surface area (Å²) in [5.74, 6) is 0.844. The summed E-state index contributed by atoms with van der Waals surface area (Å²) in [5.41, 5.74) is 1.78. The maximum atomic E-state index is 13.0. The van der Waals surface area contributed by atoms with Crippen molar-refractivity contribution in [1.82, 2.24) is 20.4 Å². The molecule has 1 atom stereocenters. The van der Waals surface area contributed by atoms with E-state index >= 15 is 0 Å². The van der Waals surface area contributed by atoms with Gasteiger partial charge in [-0.15, -0.1) is 10.2 Å². The molecule has 1 aliphatic heterocycles. The lowest BCUT2D eigenvalue weighted by Crippen LogP contribution is -2.44. The van der Waals surface area contributed by atoms with Crippen LogP contribution in [0.15, 0.2) is 45.5 Å². The number of thiophene rings is 1. The molecule has 0 spiro atoms. The van der Waals surface area contributed by atoms with E-state index in [9.17, 15) is 9.18 Å². The maximum Gasteiger partial charge on any atom is 0.317 e. The third kappa shape index (κ3) is 4.16. The van der Waals surface area contributed by atoms with Crippen molar-refractivity contribution in [1.29, 1.82) is 0 Å². The summed E-state index contributed by atoms with van der Waals surface area (Å²) in [5, 5.41) is 15.1. The van der Waals surface area contributed by atoms with E-state index in [2.05, 4.69) is 15.5 Å². The van der Waals surface area contributed by atoms with Crippen molar-refractivity contribution in [3.8, 4) is 11.5 Å². The molecule has 4 rings (SSSR count). The Hall–Kier alpha value is -2.74. The predicted octanol–water partition coefficient (Wildman–Crippen LogP) is 4.03. The minimum atomic E-state index is -0.287. The quantitative estimate of drug-likeness (QED) is 0.735. The third-order valence-electron chi connectivity index (χ3n) is 4.62. The lowest BCUT2D eigenvalue weighted by Gasteiger charge is -2.31. The zero-order chi connectivity index (χ0) is 18.6. The van der Waals surface area contributed by atoms with Gasteiger partial charge in [0.2, 0.25) is 11.8 Å². The fourth-order valence-corrected chi connectivity index (χ4v) is 3.79. The molecule has 1 fully saturated rings. The van der Waals surface area contributed by atoms with Gasteiger partial charge in [-0.05, 0) is 42.0 Å². The zero-order valence-electron chi connectivity index (χ0n) is 14.6. The number of aromatic nitrogens is 2. The first-order valence-electron chi connectivity index (χ1n) is 8.82. The number of hydrogen-bond donors (Lipinski definition) is 1. The molecule has 140 valence electrons. The highest BCUT2D eigenvalue weighted by Crippen LogP contribution is 2.29. The number of urea groups is 1. The van der Waals surface area contributed by atoms with Gasteiger partial charge in [-0.25, -0.2) is 9.18 Å². The largest absolute Gasteiger partial charge is 0.420 e. The highest BCUT2D eigenvalue weighted by atomic mass is 32.1. The molecule has 27 heavy (non-hydrogen) atoms. The normalized spacial score (nSPS) is 17.1. The van der Waals surface area contributed by atoms with E-state index in [1.54, 1.807) is 28.4 Å². The van der Waals surface area contributed by atoms with E-state index in [0.29, 0.717) is 31.4 Å². The van der Waals surface area contributed by atoms with Crippen molar-refractivity contribution in [2.24, 2.45) is 0 Å². The van der Waals surface area contributed by atoms with Gasteiger partial charge in [-0.1, -0.05) is 12.1 Å². The number of carbonyl (C=O) groups excluding carboxylic acids is 1. The first kappa shape index (κ1) is 17.7. The third-order valence-corrected chi connectivity index (χ3v) is 5.31. The minimum Gasteiger partial charge on any atom is -0.420 e. The molecule has 8 heteroatoms. The fraction of sp³-hybridized carbons (Fsp3) is 0.316. The van der Waals surface area contributed by atoms with Gasteiger partial charge in [-0.2, -0.15) is 11.3 Å². The van der Waals surface area contributed by atoms with Gasteiger partial charge >= 0.3 is 6.03 Å². The summed E-state index contributed by atoms with van der Waals surface area (Å²) in [4.78, 5) is 14.3. The number of halogens is 1. The molecule has 0 bridgehead atoms. The van der Waals surface area contributed by atoms with E-state index < -0.39 is 0 Å². The molecule has 1 unspecified atom stereocenters. The Bertz CT molecular complexity index is 895.